The van der Waals surface area contributed by atoms with Crippen LogP contribution in [-0.4, -0.2) is 9.97 Å². The Bertz CT molecular complexity index is 677. The molecule has 1 N–H and O–H groups in total. The van der Waals surface area contributed by atoms with Gasteiger partial charge in [-0.05, 0) is 24.1 Å². The maximum Gasteiger partial charge on any atom is 0.156 e. The van der Waals surface area contributed by atoms with Crippen LogP contribution >= 0.6 is 0 Å². The molecule has 0 saturated carbocycles. The molecule has 1 aromatic heterocycles. The van der Waals surface area contributed by atoms with Gasteiger partial charge in [-0.1, -0.05) is 55.5 Å². The van der Waals surface area contributed by atoms with E-state index < -0.39 is 0 Å². The molecule has 3 aromatic rings. The quantitative estimate of drug-likeness (QED) is 0.740. The molecular formula is C18H18N2O. The van der Waals surface area contributed by atoms with Crippen LogP contribution in [0.5, 0.6) is 5.75 Å². The van der Waals surface area contributed by atoms with Crippen LogP contribution in [0.15, 0.2) is 66.9 Å². The molecular weight excluding hydrogens is 260 g/mol. The van der Waals surface area contributed by atoms with Crippen LogP contribution in [0.2, 0.25) is 0 Å². The molecule has 0 saturated heterocycles. The van der Waals surface area contributed by atoms with E-state index in [1.807, 2.05) is 54.7 Å². The maximum atomic E-state index is 6.01. The second-order valence-electron chi connectivity index (χ2n) is 4.88. The Balaban J connectivity index is 1.81. The number of rotatable bonds is 5. The molecule has 0 fully saturated rings. The fraction of sp³-hybridized carbons (Fsp3) is 0.167. The second kappa shape index (κ2) is 6.27. The molecule has 1 atom stereocenters. The first-order valence-corrected chi connectivity index (χ1v) is 7.19. The number of hydrogen-bond acceptors (Lipinski definition) is 2. The molecule has 0 aliphatic rings. The summed E-state index contributed by atoms with van der Waals surface area (Å²) in [5.41, 5.74) is 2.14. The largest absolute Gasteiger partial charge is 0.483 e. The molecule has 1 heterocycles. The minimum atomic E-state index is -0.0649. The molecule has 0 bridgehead atoms. The van der Waals surface area contributed by atoms with Gasteiger partial charge in [-0.3, -0.25) is 0 Å². The zero-order chi connectivity index (χ0) is 14.5. The third kappa shape index (κ3) is 3.14. The van der Waals surface area contributed by atoms with Gasteiger partial charge < -0.3 is 9.72 Å². The smallest absolute Gasteiger partial charge is 0.156 e. The lowest BCUT2D eigenvalue weighted by Gasteiger charge is -2.15. The van der Waals surface area contributed by atoms with E-state index in [1.165, 1.54) is 0 Å². The number of aromatic amines is 1. The molecule has 0 amide bonds. The van der Waals surface area contributed by atoms with Crippen molar-refractivity contribution in [1.29, 1.82) is 0 Å². The number of hydrogen-bond donors (Lipinski definition) is 1. The van der Waals surface area contributed by atoms with E-state index in [0.717, 1.165) is 29.3 Å². The third-order valence-electron chi connectivity index (χ3n) is 3.38. The topological polar surface area (TPSA) is 37.9 Å². The maximum absolute atomic E-state index is 6.01. The Morgan fingerprint density at radius 1 is 1.00 bits per heavy atom. The summed E-state index contributed by atoms with van der Waals surface area (Å²) in [5, 5.41) is 0. The van der Waals surface area contributed by atoms with Gasteiger partial charge in [0.05, 0.1) is 11.9 Å². The second-order valence-corrected chi connectivity index (χ2v) is 4.88. The summed E-state index contributed by atoms with van der Waals surface area (Å²) in [6.07, 6.45) is 2.66. The molecule has 3 nitrogen and oxygen atoms in total. The monoisotopic (exact) mass is 278 g/mol. The molecule has 0 aliphatic carbocycles. The van der Waals surface area contributed by atoms with Crippen LogP contribution in [0.3, 0.4) is 0 Å². The predicted molar refractivity (Wildman–Crippen MR) is 84.1 cm³/mol. The summed E-state index contributed by atoms with van der Waals surface area (Å²) in [6, 6.07) is 20.0. The average Bonchev–Trinajstić information content (AvgIpc) is 3.04. The first kappa shape index (κ1) is 13.4. The normalized spacial score (nSPS) is 12.0. The molecule has 3 rings (SSSR count). The predicted octanol–water partition coefficient (Wildman–Crippen LogP) is 4.61. The number of imidazole rings is 1. The zero-order valence-electron chi connectivity index (χ0n) is 12.0. The molecule has 0 spiro atoms. The highest BCUT2D eigenvalue weighted by atomic mass is 16.5. The fourth-order valence-electron chi connectivity index (χ4n) is 2.26. The molecule has 21 heavy (non-hydrogen) atoms. The van der Waals surface area contributed by atoms with Crippen LogP contribution in [0.1, 0.15) is 25.3 Å². The fourth-order valence-corrected chi connectivity index (χ4v) is 2.26. The highest BCUT2D eigenvalue weighted by molar-refractivity contribution is 5.58. The van der Waals surface area contributed by atoms with Gasteiger partial charge in [-0.25, -0.2) is 4.98 Å². The van der Waals surface area contributed by atoms with Crippen molar-refractivity contribution in [3.05, 3.63) is 72.7 Å². The Labute approximate surface area is 124 Å². The number of nitrogens with one attached hydrogen (secondary N) is 1. The van der Waals surface area contributed by atoms with Crippen LogP contribution in [0, 0.1) is 0 Å². The highest BCUT2D eigenvalue weighted by Crippen LogP contribution is 2.25. The van der Waals surface area contributed by atoms with Crippen molar-refractivity contribution in [2.45, 2.75) is 19.4 Å². The van der Waals surface area contributed by atoms with Crippen LogP contribution in [-0.2, 0) is 0 Å². The molecule has 1 unspecified atom stereocenters. The molecule has 3 heteroatoms. The van der Waals surface area contributed by atoms with Crippen molar-refractivity contribution in [2.75, 3.05) is 0 Å². The first-order chi connectivity index (χ1) is 10.4. The summed E-state index contributed by atoms with van der Waals surface area (Å²) < 4.78 is 6.01. The van der Waals surface area contributed by atoms with E-state index in [-0.39, 0.29) is 6.10 Å². The number of para-hydroxylation sites is 1. The third-order valence-corrected chi connectivity index (χ3v) is 3.38. The van der Waals surface area contributed by atoms with Crippen LogP contribution in [0.25, 0.3) is 11.3 Å². The van der Waals surface area contributed by atoms with Crippen LogP contribution < -0.4 is 4.74 Å². The Hall–Kier alpha value is -2.55. The zero-order valence-corrected chi connectivity index (χ0v) is 12.0. The SMILES string of the molecule is CCC(Oc1ccccc1)c1ncc(-c2ccccc2)[nH]1. The standard InChI is InChI=1S/C18H18N2O/c1-2-17(21-15-11-7-4-8-12-15)18-19-13-16(20-18)14-9-5-3-6-10-14/h3-13,17H,2H2,1H3,(H,19,20). The van der Waals surface area contributed by atoms with E-state index in [0.29, 0.717) is 0 Å². The summed E-state index contributed by atoms with van der Waals surface area (Å²) in [5.74, 6) is 1.72. The molecule has 2 aromatic carbocycles. The van der Waals surface area contributed by atoms with Gasteiger partial charge in [0.25, 0.3) is 0 Å². The van der Waals surface area contributed by atoms with Gasteiger partial charge in [0.2, 0.25) is 0 Å². The van der Waals surface area contributed by atoms with Gasteiger partial charge in [0.15, 0.2) is 6.10 Å². The number of H-pyrrole nitrogens is 1. The van der Waals surface area contributed by atoms with Crippen molar-refractivity contribution >= 4 is 0 Å². The summed E-state index contributed by atoms with van der Waals surface area (Å²) in [6.45, 7) is 2.10. The lowest BCUT2D eigenvalue weighted by atomic mass is 10.2. The number of aromatic nitrogens is 2. The highest BCUT2D eigenvalue weighted by Gasteiger charge is 2.15. The van der Waals surface area contributed by atoms with Crippen molar-refractivity contribution in [3.63, 3.8) is 0 Å². The lowest BCUT2D eigenvalue weighted by molar-refractivity contribution is 0.192. The van der Waals surface area contributed by atoms with Gasteiger partial charge in [0, 0.05) is 0 Å². The van der Waals surface area contributed by atoms with Crippen molar-refractivity contribution < 1.29 is 4.74 Å². The van der Waals surface area contributed by atoms with E-state index in [2.05, 4.69) is 29.0 Å². The minimum absolute atomic E-state index is 0.0649. The Morgan fingerprint density at radius 2 is 1.67 bits per heavy atom. The molecule has 0 radical (unpaired) electrons. The number of nitrogens with zero attached hydrogens (tertiary/aromatic N) is 1. The van der Waals surface area contributed by atoms with Crippen molar-refractivity contribution in [3.8, 4) is 17.0 Å². The van der Waals surface area contributed by atoms with Gasteiger partial charge >= 0.3 is 0 Å². The lowest BCUT2D eigenvalue weighted by Crippen LogP contribution is -2.08. The number of ether oxygens (including phenoxy) is 1. The summed E-state index contributed by atoms with van der Waals surface area (Å²) in [7, 11) is 0. The van der Waals surface area contributed by atoms with Gasteiger partial charge in [0.1, 0.15) is 11.6 Å². The van der Waals surface area contributed by atoms with E-state index >= 15 is 0 Å². The van der Waals surface area contributed by atoms with E-state index in [1.54, 1.807) is 0 Å². The van der Waals surface area contributed by atoms with E-state index in [4.69, 9.17) is 4.74 Å². The minimum Gasteiger partial charge on any atom is -0.483 e. The number of benzene rings is 2. The first-order valence-electron chi connectivity index (χ1n) is 7.19. The van der Waals surface area contributed by atoms with Crippen molar-refractivity contribution in [1.82, 2.24) is 9.97 Å². The summed E-state index contributed by atoms with van der Waals surface area (Å²) in [4.78, 5) is 7.84. The Kier molecular flexibility index (Phi) is 4.01. The van der Waals surface area contributed by atoms with Gasteiger partial charge in [-0.15, -0.1) is 0 Å². The van der Waals surface area contributed by atoms with Crippen LogP contribution in [0.4, 0.5) is 0 Å². The average molecular weight is 278 g/mol. The molecule has 106 valence electrons. The molecule has 0 aliphatic heterocycles. The van der Waals surface area contributed by atoms with Gasteiger partial charge in [-0.2, -0.15) is 0 Å². The van der Waals surface area contributed by atoms with E-state index in [9.17, 15) is 0 Å². The summed E-state index contributed by atoms with van der Waals surface area (Å²) >= 11 is 0. The Morgan fingerprint density at radius 3 is 2.33 bits per heavy atom. The van der Waals surface area contributed by atoms with Crippen molar-refractivity contribution in [2.24, 2.45) is 0 Å².